The van der Waals surface area contributed by atoms with Gasteiger partial charge in [-0.1, -0.05) is 18.2 Å². The maximum atomic E-state index is 12.8. The van der Waals surface area contributed by atoms with Gasteiger partial charge in [-0.05, 0) is 43.4 Å². The molecule has 1 aromatic rings. The molecule has 2 nitrogen and oxygen atoms in total. The predicted molar refractivity (Wildman–Crippen MR) is 71.3 cm³/mol. The van der Waals surface area contributed by atoms with Gasteiger partial charge < -0.3 is 10.1 Å². The van der Waals surface area contributed by atoms with Crippen LogP contribution >= 0.6 is 0 Å². The third-order valence-electron chi connectivity index (χ3n) is 3.33. The maximum absolute atomic E-state index is 12.8. The summed E-state index contributed by atoms with van der Waals surface area (Å²) >= 11 is 0. The number of rotatable bonds is 8. The van der Waals surface area contributed by atoms with Crippen molar-refractivity contribution in [1.82, 2.24) is 5.32 Å². The fourth-order valence-corrected chi connectivity index (χ4v) is 2.01. The van der Waals surface area contributed by atoms with Crippen LogP contribution in [0.2, 0.25) is 0 Å². The largest absolute Gasteiger partial charge is 0.416 e. The van der Waals surface area contributed by atoms with E-state index in [9.17, 15) is 13.2 Å². The molecule has 0 heterocycles. The van der Waals surface area contributed by atoms with Crippen LogP contribution in [0.4, 0.5) is 13.2 Å². The van der Waals surface area contributed by atoms with Gasteiger partial charge in [-0.2, -0.15) is 13.2 Å². The Bertz CT molecular complexity index is 416. The molecule has 0 amide bonds. The second kappa shape index (κ2) is 7.09. The first-order valence-corrected chi connectivity index (χ1v) is 7.01. The zero-order valence-corrected chi connectivity index (χ0v) is 11.4. The summed E-state index contributed by atoms with van der Waals surface area (Å²) in [6.07, 6.45) is -0.925. The van der Waals surface area contributed by atoms with Crippen LogP contribution in [-0.4, -0.2) is 19.8 Å². The summed E-state index contributed by atoms with van der Waals surface area (Å²) in [5.41, 5.74) is -0.267. The summed E-state index contributed by atoms with van der Waals surface area (Å²) < 4.78 is 43.7. The molecule has 0 bridgehead atoms. The van der Waals surface area contributed by atoms with E-state index >= 15 is 0 Å². The van der Waals surface area contributed by atoms with Crippen LogP contribution in [0, 0.1) is 5.92 Å². The van der Waals surface area contributed by atoms with E-state index in [0.717, 1.165) is 25.0 Å². The summed E-state index contributed by atoms with van der Waals surface area (Å²) in [4.78, 5) is 0. The predicted octanol–water partition coefficient (Wildman–Crippen LogP) is 3.61. The van der Waals surface area contributed by atoms with E-state index in [1.54, 1.807) is 6.07 Å². The van der Waals surface area contributed by atoms with Crippen molar-refractivity contribution in [2.45, 2.75) is 32.0 Å². The fraction of sp³-hybridized carbons (Fsp3) is 0.600. The molecule has 0 spiro atoms. The van der Waals surface area contributed by atoms with E-state index in [1.807, 2.05) is 0 Å². The van der Waals surface area contributed by atoms with E-state index in [4.69, 9.17) is 4.74 Å². The molecule has 0 aromatic heterocycles. The van der Waals surface area contributed by atoms with Crippen LogP contribution in [0.15, 0.2) is 24.3 Å². The Balaban J connectivity index is 1.65. The molecule has 1 aromatic carbocycles. The number of benzene rings is 1. The molecule has 5 heteroatoms. The van der Waals surface area contributed by atoms with Crippen molar-refractivity contribution in [3.05, 3.63) is 35.4 Å². The Kier molecular flexibility index (Phi) is 5.43. The standard InChI is InChI=1S/C15H20F3NO/c16-15(17,18)14-5-2-1-4-13(14)10-19-8-3-9-20-11-12-6-7-12/h1-2,4-5,12,19H,3,6-11H2. The van der Waals surface area contributed by atoms with Crippen LogP contribution in [0.5, 0.6) is 0 Å². The summed E-state index contributed by atoms with van der Waals surface area (Å²) in [5, 5.41) is 3.04. The molecule has 1 aliphatic rings. The van der Waals surface area contributed by atoms with Crippen LogP contribution in [0.25, 0.3) is 0 Å². The zero-order chi connectivity index (χ0) is 14.4. The van der Waals surface area contributed by atoms with Crippen molar-refractivity contribution < 1.29 is 17.9 Å². The summed E-state index contributed by atoms with van der Waals surface area (Å²) in [6.45, 7) is 2.40. The molecule has 1 saturated carbocycles. The molecule has 2 rings (SSSR count). The van der Waals surface area contributed by atoms with Gasteiger partial charge in [-0.25, -0.2) is 0 Å². The van der Waals surface area contributed by atoms with E-state index in [1.165, 1.54) is 25.0 Å². The lowest BCUT2D eigenvalue weighted by molar-refractivity contribution is -0.138. The minimum Gasteiger partial charge on any atom is -0.381 e. The highest BCUT2D eigenvalue weighted by Gasteiger charge is 2.32. The Morgan fingerprint density at radius 3 is 2.65 bits per heavy atom. The molecule has 20 heavy (non-hydrogen) atoms. The number of alkyl halides is 3. The first kappa shape index (κ1) is 15.3. The minimum atomic E-state index is -4.29. The molecule has 1 N–H and O–H groups in total. The summed E-state index contributed by atoms with van der Waals surface area (Å²) in [5.74, 6) is 0.752. The van der Waals surface area contributed by atoms with Crippen molar-refractivity contribution in [3.8, 4) is 0 Å². The Morgan fingerprint density at radius 1 is 1.20 bits per heavy atom. The SMILES string of the molecule is FC(F)(F)c1ccccc1CNCCCOCC1CC1. The number of halogens is 3. The van der Waals surface area contributed by atoms with Gasteiger partial charge in [0.15, 0.2) is 0 Å². The van der Waals surface area contributed by atoms with Crippen molar-refractivity contribution in [2.75, 3.05) is 19.8 Å². The molecule has 0 radical (unpaired) electrons. The third kappa shape index (κ3) is 5.13. The second-order valence-corrected chi connectivity index (χ2v) is 5.20. The van der Waals surface area contributed by atoms with E-state index in [-0.39, 0.29) is 6.54 Å². The van der Waals surface area contributed by atoms with Crippen molar-refractivity contribution in [1.29, 1.82) is 0 Å². The Labute approximate surface area is 117 Å². The molecule has 1 aliphatic carbocycles. The molecule has 0 saturated heterocycles. The van der Waals surface area contributed by atoms with Crippen molar-refractivity contribution in [3.63, 3.8) is 0 Å². The molecule has 1 fully saturated rings. The lowest BCUT2D eigenvalue weighted by Crippen LogP contribution is -2.19. The van der Waals surface area contributed by atoms with Gasteiger partial charge in [-0.3, -0.25) is 0 Å². The van der Waals surface area contributed by atoms with E-state index < -0.39 is 11.7 Å². The Hall–Kier alpha value is -1.07. The molecular formula is C15H20F3NO. The maximum Gasteiger partial charge on any atom is 0.416 e. The normalized spacial score (nSPS) is 15.6. The lowest BCUT2D eigenvalue weighted by Gasteiger charge is -2.13. The van der Waals surface area contributed by atoms with Gasteiger partial charge in [0.25, 0.3) is 0 Å². The Morgan fingerprint density at radius 2 is 1.95 bits per heavy atom. The topological polar surface area (TPSA) is 21.3 Å². The quantitative estimate of drug-likeness (QED) is 0.737. The van der Waals surface area contributed by atoms with Crippen LogP contribution in [0.3, 0.4) is 0 Å². The van der Waals surface area contributed by atoms with Crippen molar-refractivity contribution >= 4 is 0 Å². The molecule has 0 atom stereocenters. The highest BCUT2D eigenvalue weighted by molar-refractivity contribution is 5.29. The van der Waals surface area contributed by atoms with Gasteiger partial charge in [-0.15, -0.1) is 0 Å². The molecule has 0 unspecified atom stereocenters. The van der Waals surface area contributed by atoms with Crippen LogP contribution < -0.4 is 5.32 Å². The zero-order valence-electron chi connectivity index (χ0n) is 11.4. The first-order chi connectivity index (χ1) is 9.57. The van der Waals surface area contributed by atoms with Crippen LogP contribution in [-0.2, 0) is 17.5 Å². The average molecular weight is 287 g/mol. The highest BCUT2D eigenvalue weighted by Crippen LogP contribution is 2.31. The summed E-state index contributed by atoms with van der Waals surface area (Å²) in [7, 11) is 0. The average Bonchev–Trinajstić information content (AvgIpc) is 3.21. The molecule has 112 valence electrons. The number of hydrogen-bond acceptors (Lipinski definition) is 2. The van der Waals surface area contributed by atoms with Gasteiger partial charge in [0, 0.05) is 19.8 Å². The third-order valence-corrected chi connectivity index (χ3v) is 3.33. The highest BCUT2D eigenvalue weighted by atomic mass is 19.4. The van der Waals surface area contributed by atoms with Crippen LogP contribution in [0.1, 0.15) is 30.4 Å². The first-order valence-electron chi connectivity index (χ1n) is 7.01. The second-order valence-electron chi connectivity index (χ2n) is 5.20. The van der Waals surface area contributed by atoms with Gasteiger partial charge in [0.2, 0.25) is 0 Å². The number of hydrogen-bond donors (Lipinski definition) is 1. The number of ether oxygens (including phenoxy) is 1. The number of nitrogens with one attached hydrogen (secondary N) is 1. The van der Waals surface area contributed by atoms with E-state index in [0.29, 0.717) is 18.7 Å². The smallest absolute Gasteiger partial charge is 0.381 e. The van der Waals surface area contributed by atoms with Gasteiger partial charge in [0.1, 0.15) is 0 Å². The summed E-state index contributed by atoms with van der Waals surface area (Å²) in [6, 6.07) is 5.68. The van der Waals surface area contributed by atoms with Gasteiger partial charge >= 0.3 is 6.18 Å². The van der Waals surface area contributed by atoms with Crippen molar-refractivity contribution in [2.24, 2.45) is 5.92 Å². The fourth-order valence-electron chi connectivity index (χ4n) is 2.01. The monoisotopic (exact) mass is 287 g/mol. The van der Waals surface area contributed by atoms with Gasteiger partial charge in [0.05, 0.1) is 5.56 Å². The van der Waals surface area contributed by atoms with E-state index in [2.05, 4.69) is 5.32 Å². The minimum absolute atomic E-state index is 0.234. The molecular weight excluding hydrogens is 267 g/mol. The molecule has 0 aliphatic heterocycles. The lowest BCUT2D eigenvalue weighted by atomic mass is 10.1.